The second-order valence-electron chi connectivity index (χ2n) is 16.8. The first-order valence-corrected chi connectivity index (χ1v) is 24.3. The third kappa shape index (κ3) is 10.5. The molecule has 0 atom stereocenters. The molecular weight excluding hydrogens is 833 g/mol. The van der Waals surface area contributed by atoms with Gasteiger partial charge in [0.2, 0.25) is 0 Å². The number of aromatic amines is 2. The summed E-state index contributed by atoms with van der Waals surface area (Å²) in [6.45, 7) is 16.2. The van der Waals surface area contributed by atoms with E-state index in [0.717, 1.165) is 110 Å². The van der Waals surface area contributed by atoms with Crippen molar-refractivity contribution in [3.8, 4) is 57.3 Å². The molecular formula is C52H64N8O6. The van der Waals surface area contributed by atoms with Crippen LogP contribution >= 0.6 is 0 Å². The number of nitrogens with zero attached hydrogens (tertiary/aromatic N) is 6. The molecule has 2 aliphatic heterocycles. The molecule has 0 unspecified atom stereocenters. The van der Waals surface area contributed by atoms with Gasteiger partial charge in [-0.1, -0.05) is 80.1 Å². The average Bonchev–Trinajstić information content (AvgIpc) is 4.08. The molecule has 348 valence electrons. The lowest BCUT2D eigenvalue weighted by atomic mass is 10.1. The Bertz CT molecular complexity index is 2650. The Labute approximate surface area is 387 Å². The molecule has 3 aromatic carbocycles. The SMILES string of the molecule is CCCCOc1cc2c(cc1OCCCC)-c1nc-2nc2[nH]c(nc3nc(nc4[nH]c(n1)c1cc(OCCCC)c(OCCCC)cc41)C=C3)c1cc(OCCCC)c(OCCCC)cc21. The van der Waals surface area contributed by atoms with E-state index in [-0.39, 0.29) is 0 Å². The van der Waals surface area contributed by atoms with Gasteiger partial charge < -0.3 is 38.4 Å². The molecule has 14 nitrogen and oxygen atoms in total. The predicted octanol–water partition coefficient (Wildman–Crippen LogP) is 12.8. The molecule has 0 radical (unpaired) electrons. The van der Waals surface area contributed by atoms with E-state index in [2.05, 4.69) is 51.5 Å². The fourth-order valence-corrected chi connectivity index (χ4v) is 7.61. The first kappa shape index (κ1) is 46.1. The van der Waals surface area contributed by atoms with Crippen LogP contribution in [0.3, 0.4) is 0 Å². The van der Waals surface area contributed by atoms with Crippen molar-refractivity contribution in [1.82, 2.24) is 39.9 Å². The van der Waals surface area contributed by atoms with E-state index in [1.54, 1.807) is 0 Å². The summed E-state index contributed by atoms with van der Waals surface area (Å²) in [5.74, 6) is 5.73. The van der Waals surface area contributed by atoms with E-state index in [9.17, 15) is 0 Å². The first-order chi connectivity index (χ1) is 32.4. The number of hydrogen-bond acceptors (Lipinski definition) is 12. The molecule has 3 aromatic heterocycles. The number of unbranched alkanes of at least 4 members (excludes halogenated alkanes) is 6. The van der Waals surface area contributed by atoms with Gasteiger partial charge in [-0.15, -0.1) is 0 Å². The largest absolute Gasteiger partial charge is 0.490 e. The molecule has 0 saturated carbocycles. The molecule has 6 aromatic rings. The summed E-state index contributed by atoms with van der Waals surface area (Å²) in [6.07, 6.45) is 15.2. The second kappa shape index (κ2) is 22.2. The van der Waals surface area contributed by atoms with Crippen molar-refractivity contribution in [3.63, 3.8) is 0 Å². The first-order valence-electron chi connectivity index (χ1n) is 24.3. The highest BCUT2D eigenvalue weighted by Crippen LogP contribution is 2.44. The third-order valence-electron chi connectivity index (χ3n) is 11.5. The van der Waals surface area contributed by atoms with Crippen molar-refractivity contribution in [2.24, 2.45) is 0 Å². The Morgan fingerprint density at radius 1 is 0.333 bits per heavy atom. The van der Waals surface area contributed by atoms with E-state index in [1.807, 2.05) is 48.6 Å². The summed E-state index contributed by atoms with van der Waals surface area (Å²) in [6, 6.07) is 12.0. The number of hydrogen-bond donors (Lipinski definition) is 2. The minimum Gasteiger partial charge on any atom is -0.490 e. The second-order valence-corrected chi connectivity index (χ2v) is 16.8. The molecule has 2 aliphatic rings. The normalized spacial score (nSPS) is 11.9. The highest BCUT2D eigenvalue weighted by atomic mass is 16.5. The van der Waals surface area contributed by atoms with Gasteiger partial charge in [-0.25, -0.2) is 29.9 Å². The zero-order valence-corrected chi connectivity index (χ0v) is 39.5. The lowest BCUT2D eigenvalue weighted by molar-refractivity contribution is 0.262. The van der Waals surface area contributed by atoms with Crippen LogP contribution < -0.4 is 28.4 Å². The molecule has 2 N–H and O–H groups in total. The summed E-state index contributed by atoms with van der Waals surface area (Å²) in [5.41, 5.74) is 3.74. The summed E-state index contributed by atoms with van der Waals surface area (Å²) in [5, 5.41) is 3.20. The van der Waals surface area contributed by atoms with Gasteiger partial charge in [0.05, 0.1) is 39.6 Å². The zero-order chi connectivity index (χ0) is 45.8. The zero-order valence-electron chi connectivity index (χ0n) is 39.5. The van der Waals surface area contributed by atoms with Crippen molar-refractivity contribution in [2.45, 2.75) is 119 Å². The van der Waals surface area contributed by atoms with Crippen molar-refractivity contribution in [2.75, 3.05) is 39.6 Å². The maximum Gasteiger partial charge on any atom is 0.164 e. The van der Waals surface area contributed by atoms with Crippen LogP contribution in [0.1, 0.15) is 130 Å². The van der Waals surface area contributed by atoms with Crippen LogP contribution in [-0.4, -0.2) is 79.5 Å². The monoisotopic (exact) mass is 896 g/mol. The molecule has 0 spiro atoms. The number of aromatic nitrogens is 8. The molecule has 66 heavy (non-hydrogen) atoms. The lowest BCUT2D eigenvalue weighted by Gasteiger charge is -2.14. The number of fused-ring (bicyclic) bond motifs is 17. The Morgan fingerprint density at radius 2 is 0.606 bits per heavy atom. The number of nitrogens with one attached hydrogen (secondary N) is 2. The van der Waals surface area contributed by atoms with E-state index >= 15 is 0 Å². The van der Waals surface area contributed by atoms with Crippen LogP contribution in [0.4, 0.5) is 0 Å². The van der Waals surface area contributed by atoms with E-state index < -0.39 is 0 Å². The standard InChI is InChI=1S/C52H64N8O6/c1-7-13-21-61-39-27-33-35(29-41(39)63-23-15-9-3)49-56-47(33)54-45-19-20-46(53-45)55-48-34-28-40(62-22-14-8-2)42(64-24-16-10-4)30-36(34)50(57-48)59-52-38-32-44(66-26-18-12-6)43(65-25-17-11-5)31-37(38)51(58-49)60-52/h19-20,27-32H,7-18,21-26H2,1-6H3,(H2,53,54,55,56,57,58,59,60). The summed E-state index contributed by atoms with van der Waals surface area (Å²) < 4.78 is 38.4. The maximum atomic E-state index is 6.44. The number of benzene rings is 3. The summed E-state index contributed by atoms with van der Waals surface area (Å²) >= 11 is 0. The van der Waals surface area contributed by atoms with Crippen LogP contribution in [0, 0.1) is 0 Å². The highest BCUT2D eigenvalue weighted by Gasteiger charge is 2.25. The Balaban J connectivity index is 1.44. The van der Waals surface area contributed by atoms with Crippen LogP contribution in [-0.2, 0) is 0 Å². The highest BCUT2D eigenvalue weighted by molar-refractivity contribution is 6.07. The van der Waals surface area contributed by atoms with Gasteiger partial charge in [-0.05, 0) is 87.1 Å². The van der Waals surface area contributed by atoms with Crippen molar-refractivity contribution in [1.29, 1.82) is 0 Å². The van der Waals surface area contributed by atoms with Crippen LogP contribution in [0.5, 0.6) is 34.5 Å². The number of H-pyrrole nitrogens is 2. The van der Waals surface area contributed by atoms with Crippen LogP contribution in [0.15, 0.2) is 36.4 Å². The Morgan fingerprint density at radius 3 is 0.894 bits per heavy atom. The Kier molecular flexibility index (Phi) is 15.5. The molecule has 0 amide bonds. The molecule has 0 saturated heterocycles. The fraction of sp³-hybridized carbons (Fsp3) is 0.462. The van der Waals surface area contributed by atoms with Gasteiger partial charge in [-0.2, -0.15) is 0 Å². The third-order valence-corrected chi connectivity index (χ3v) is 11.5. The molecule has 8 bridgehead atoms. The smallest absolute Gasteiger partial charge is 0.164 e. The van der Waals surface area contributed by atoms with E-state index in [0.29, 0.717) is 120 Å². The van der Waals surface area contributed by atoms with Crippen molar-refractivity contribution in [3.05, 3.63) is 48.0 Å². The van der Waals surface area contributed by atoms with E-state index in [4.69, 9.17) is 58.3 Å². The molecule has 5 heterocycles. The molecule has 14 heteroatoms. The van der Waals surface area contributed by atoms with Gasteiger partial charge in [0.15, 0.2) is 57.8 Å². The van der Waals surface area contributed by atoms with Crippen molar-refractivity contribution >= 4 is 56.3 Å². The summed E-state index contributed by atoms with van der Waals surface area (Å²) in [7, 11) is 0. The van der Waals surface area contributed by atoms with Gasteiger partial charge in [-0.3, -0.25) is 0 Å². The fourth-order valence-electron chi connectivity index (χ4n) is 7.61. The lowest BCUT2D eigenvalue weighted by Crippen LogP contribution is -2.03. The van der Waals surface area contributed by atoms with Gasteiger partial charge in [0.1, 0.15) is 22.6 Å². The van der Waals surface area contributed by atoms with Crippen LogP contribution in [0.2, 0.25) is 0 Å². The van der Waals surface area contributed by atoms with Gasteiger partial charge in [0, 0.05) is 32.7 Å². The maximum absolute atomic E-state index is 6.44. The van der Waals surface area contributed by atoms with Gasteiger partial charge >= 0.3 is 0 Å². The number of ether oxygens (including phenoxy) is 6. The van der Waals surface area contributed by atoms with Crippen molar-refractivity contribution < 1.29 is 28.4 Å². The Hall–Kier alpha value is -6.44. The van der Waals surface area contributed by atoms with Crippen LogP contribution in [0.25, 0.3) is 79.1 Å². The number of rotatable bonds is 24. The topological polar surface area (TPSA) is 164 Å². The van der Waals surface area contributed by atoms with Gasteiger partial charge in [0.25, 0.3) is 0 Å². The minimum absolute atomic E-state index is 0.451. The predicted molar refractivity (Wildman–Crippen MR) is 263 cm³/mol. The molecule has 0 aliphatic carbocycles. The molecule has 0 fully saturated rings. The quantitative estimate of drug-likeness (QED) is 0.0552. The minimum atomic E-state index is 0.451. The summed E-state index contributed by atoms with van der Waals surface area (Å²) in [4.78, 5) is 37.9. The van der Waals surface area contributed by atoms with E-state index in [1.165, 1.54) is 0 Å². The average molecular weight is 897 g/mol. The molecule has 8 rings (SSSR count).